The molecule has 4 nitrogen and oxygen atoms in total. The van der Waals surface area contributed by atoms with Gasteiger partial charge in [0.25, 0.3) is 0 Å². The third-order valence-corrected chi connectivity index (χ3v) is 4.29. The SMILES string of the molecule is CNCC1C(=O)NCCCN1C1CCCCCC1. The molecule has 0 bridgehead atoms. The molecule has 18 heavy (non-hydrogen) atoms. The van der Waals surface area contributed by atoms with Gasteiger partial charge in [0.15, 0.2) is 0 Å². The molecule has 104 valence electrons. The first-order valence-corrected chi connectivity index (χ1v) is 7.51. The minimum absolute atomic E-state index is 0.0283. The Bertz CT molecular complexity index is 262. The van der Waals surface area contributed by atoms with Crippen molar-refractivity contribution in [3.8, 4) is 0 Å². The first kappa shape index (κ1) is 13.8. The molecule has 0 aromatic rings. The highest BCUT2D eigenvalue weighted by Crippen LogP contribution is 2.24. The summed E-state index contributed by atoms with van der Waals surface area (Å²) in [5, 5.41) is 6.22. The van der Waals surface area contributed by atoms with Gasteiger partial charge in [-0.15, -0.1) is 0 Å². The highest BCUT2D eigenvalue weighted by molar-refractivity contribution is 5.82. The van der Waals surface area contributed by atoms with Crippen LogP contribution in [0.2, 0.25) is 0 Å². The zero-order chi connectivity index (χ0) is 12.8. The van der Waals surface area contributed by atoms with E-state index in [1.807, 2.05) is 7.05 Å². The van der Waals surface area contributed by atoms with Crippen molar-refractivity contribution in [1.82, 2.24) is 15.5 Å². The molecule has 2 rings (SSSR count). The summed E-state index contributed by atoms with van der Waals surface area (Å²) in [4.78, 5) is 14.6. The van der Waals surface area contributed by atoms with Gasteiger partial charge in [0.1, 0.15) is 6.04 Å². The Balaban J connectivity index is 2.06. The van der Waals surface area contributed by atoms with Crippen LogP contribution in [-0.4, -0.2) is 49.6 Å². The van der Waals surface area contributed by atoms with Crippen molar-refractivity contribution in [2.75, 3.05) is 26.7 Å². The standard InChI is InChI=1S/C14H27N3O/c1-15-11-13-14(18)16-9-6-10-17(13)12-7-4-2-3-5-8-12/h12-13,15H,2-11H2,1H3,(H,16,18). The number of carbonyl (C=O) groups is 1. The van der Waals surface area contributed by atoms with Crippen LogP contribution in [0.5, 0.6) is 0 Å². The predicted octanol–water partition coefficient (Wildman–Crippen LogP) is 1.12. The summed E-state index contributed by atoms with van der Waals surface area (Å²) in [7, 11) is 1.93. The van der Waals surface area contributed by atoms with Crippen LogP contribution in [0.3, 0.4) is 0 Å². The highest BCUT2D eigenvalue weighted by atomic mass is 16.2. The van der Waals surface area contributed by atoms with Crippen LogP contribution in [0, 0.1) is 0 Å². The Morgan fingerprint density at radius 2 is 1.94 bits per heavy atom. The van der Waals surface area contributed by atoms with Crippen molar-refractivity contribution >= 4 is 5.91 Å². The Hall–Kier alpha value is -0.610. The van der Waals surface area contributed by atoms with E-state index in [9.17, 15) is 4.79 Å². The number of carbonyl (C=O) groups excluding carboxylic acids is 1. The Kier molecular flexibility index (Phi) is 5.45. The molecule has 1 atom stereocenters. The maximum atomic E-state index is 12.2. The van der Waals surface area contributed by atoms with Crippen molar-refractivity contribution in [2.45, 2.75) is 57.0 Å². The molecule has 4 heteroatoms. The third-order valence-electron chi connectivity index (χ3n) is 4.29. The fraction of sp³-hybridized carbons (Fsp3) is 0.929. The third kappa shape index (κ3) is 3.45. The van der Waals surface area contributed by atoms with Gasteiger partial charge in [-0.05, 0) is 26.3 Å². The quantitative estimate of drug-likeness (QED) is 0.741. The molecule has 1 heterocycles. The largest absolute Gasteiger partial charge is 0.355 e. The lowest BCUT2D eigenvalue weighted by atomic mass is 10.0. The van der Waals surface area contributed by atoms with Crippen molar-refractivity contribution in [3.63, 3.8) is 0 Å². The average Bonchev–Trinajstić information content (AvgIpc) is 2.72. The highest BCUT2D eigenvalue weighted by Gasteiger charge is 2.32. The van der Waals surface area contributed by atoms with E-state index in [1.54, 1.807) is 0 Å². The van der Waals surface area contributed by atoms with E-state index in [4.69, 9.17) is 0 Å². The normalized spacial score (nSPS) is 28.5. The van der Waals surface area contributed by atoms with E-state index in [0.717, 1.165) is 26.1 Å². The minimum atomic E-state index is 0.0283. The second kappa shape index (κ2) is 7.10. The maximum absolute atomic E-state index is 12.2. The lowest BCUT2D eigenvalue weighted by Gasteiger charge is -2.35. The number of amides is 1. The molecule has 1 unspecified atom stereocenters. The molecule has 0 aromatic heterocycles. The molecule has 0 spiro atoms. The predicted molar refractivity (Wildman–Crippen MR) is 73.5 cm³/mol. The van der Waals surface area contributed by atoms with Crippen LogP contribution in [0.1, 0.15) is 44.9 Å². The maximum Gasteiger partial charge on any atom is 0.238 e. The lowest BCUT2D eigenvalue weighted by Crippen LogP contribution is -2.53. The van der Waals surface area contributed by atoms with Gasteiger partial charge < -0.3 is 10.6 Å². The van der Waals surface area contributed by atoms with E-state index in [1.165, 1.54) is 38.5 Å². The average molecular weight is 253 g/mol. The molecule has 1 amide bonds. The smallest absolute Gasteiger partial charge is 0.238 e. The van der Waals surface area contributed by atoms with Crippen LogP contribution in [0.4, 0.5) is 0 Å². The van der Waals surface area contributed by atoms with E-state index in [2.05, 4.69) is 15.5 Å². The van der Waals surface area contributed by atoms with Crippen molar-refractivity contribution in [2.24, 2.45) is 0 Å². The zero-order valence-electron chi connectivity index (χ0n) is 11.6. The van der Waals surface area contributed by atoms with Gasteiger partial charge in [-0.2, -0.15) is 0 Å². The fourth-order valence-electron chi connectivity index (χ4n) is 3.33. The van der Waals surface area contributed by atoms with Gasteiger partial charge in [0, 0.05) is 25.7 Å². The van der Waals surface area contributed by atoms with Gasteiger partial charge in [0.2, 0.25) is 5.91 Å². The van der Waals surface area contributed by atoms with E-state index in [-0.39, 0.29) is 11.9 Å². The van der Waals surface area contributed by atoms with Gasteiger partial charge in [0.05, 0.1) is 0 Å². The van der Waals surface area contributed by atoms with Gasteiger partial charge >= 0.3 is 0 Å². The van der Waals surface area contributed by atoms with Crippen molar-refractivity contribution in [3.05, 3.63) is 0 Å². The number of rotatable bonds is 3. The van der Waals surface area contributed by atoms with Gasteiger partial charge in [-0.25, -0.2) is 0 Å². The number of hydrogen-bond donors (Lipinski definition) is 2. The summed E-state index contributed by atoms with van der Waals surface area (Å²) in [6.07, 6.45) is 9.02. The topological polar surface area (TPSA) is 44.4 Å². The van der Waals surface area contributed by atoms with Crippen LogP contribution < -0.4 is 10.6 Å². The first-order chi connectivity index (χ1) is 8.83. The number of likely N-dealkylation sites (N-methyl/N-ethyl adjacent to an activating group) is 1. The molecule has 1 aliphatic carbocycles. The second-order valence-corrected chi connectivity index (χ2v) is 5.60. The molecule has 2 N–H and O–H groups in total. The van der Waals surface area contributed by atoms with Crippen molar-refractivity contribution < 1.29 is 4.79 Å². The van der Waals surface area contributed by atoms with Crippen molar-refractivity contribution in [1.29, 1.82) is 0 Å². The Morgan fingerprint density at radius 1 is 1.22 bits per heavy atom. The van der Waals surface area contributed by atoms with Gasteiger partial charge in [-0.1, -0.05) is 25.7 Å². The Morgan fingerprint density at radius 3 is 2.61 bits per heavy atom. The first-order valence-electron chi connectivity index (χ1n) is 7.51. The molecule has 1 saturated heterocycles. The molecule has 1 saturated carbocycles. The fourth-order valence-corrected chi connectivity index (χ4v) is 3.33. The van der Waals surface area contributed by atoms with Crippen LogP contribution in [0.15, 0.2) is 0 Å². The monoisotopic (exact) mass is 253 g/mol. The summed E-state index contributed by atoms with van der Waals surface area (Å²) in [5.41, 5.74) is 0. The van der Waals surface area contributed by atoms with Crippen LogP contribution in [-0.2, 0) is 4.79 Å². The number of nitrogens with zero attached hydrogens (tertiary/aromatic N) is 1. The summed E-state index contributed by atoms with van der Waals surface area (Å²) in [6, 6.07) is 0.648. The molecule has 2 fully saturated rings. The molecular formula is C14H27N3O. The number of nitrogens with one attached hydrogen (secondary N) is 2. The summed E-state index contributed by atoms with van der Waals surface area (Å²) in [6.45, 7) is 2.67. The minimum Gasteiger partial charge on any atom is -0.355 e. The molecule has 0 aromatic carbocycles. The molecule has 2 aliphatic rings. The summed E-state index contributed by atoms with van der Waals surface area (Å²) < 4.78 is 0. The Labute approximate surface area is 110 Å². The van der Waals surface area contributed by atoms with Gasteiger partial charge in [-0.3, -0.25) is 9.69 Å². The molecule has 1 aliphatic heterocycles. The lowest BCUT2D eigenvalue weighted by molar-refractivity contribution is -0.126. The molecule has 0 radical (unpaired) electrons. The second-order valence-electron chi connectivity index (χ2n) is 5.60. The van der Waals surface area contributed by atoms with Crippen LogP contribution >= 0.6 is 0 Å². The van der Waals surface area contributed by atoms with E-state index >= 15 is 0 Å². The van der Waals surface area contributed by atoms with E-state index < -0.39 is 0 Å². The zero-order valence-corrected chi connectivity index (χ0v) is 11.6. The van der Waals surface area contributed by atoms with Crippen LogP contribution in [0.25, 0.3) is 0 Å². The summed E-state index contributed by atoms with van der Waals surface area (Å²) >= 11 is 0. The number of hydrogen-bond acceptors (Lipinski definition) is 3. The molecular weight excluding hydrogens is 226 g/mol. The van der Waals surface area contributed by atoms with E-state index in [0.29, 0.717) is 6.04 Å². The summed E-state index contributed by atoms with van der Waals surface area (Å²) in [5.74, 6) is 0.214.